The first kappa shape index (κ1) is 22.4. The monoisotopic (exact) mass is 455 g/mol. The number of benzene rings is 2. The summed E-state index contributed by atoms with van der Waals surface area (Å²) in [5.41, 5.74) is 2.48. The molecule has 1 amide bonds. The fourth-order valence-corrected chi connectivity index (χ4v) is 5.72. The standard InChI is InChI=1S/C24H29N3O4S/c1-31-23-12-11-19(32(29,30)27-14-6-2-3-7-15-27)16-22(23)26-24(28)13-10-18-17-25-21-9-5-4-8-20(18)21/h4-5,8-9,11-12,16-17,25H,2-3,6-7,10,13-15H2,1H3,(H,26,28). The molecule has 0 radical (unpaired) electrons. The number of nitrogens with one attached hydrogen (secondary N) is 2. The van der Waals surface area contributed by atoms with Gasteiger partial charge in [0.15, 0.2) is 0 Å². The number of aromatic amines is 1. The molecule has 0 spiro atoms. The number of H-pyrrole nitrogens is 1. The van der Waals surface area contributed by atoms with E-state index < -0.39 is 10.0 Å². The van der Waals surface area contributed by atoms with Crippen LogP contribution in [0.25, 0.3) is 10.9 Å². The number of methoxy groups -OCH3 is 1. The van der Waals surface area contributed by atoms with Gasteiger partial charge in [-0.05, 0) is 49.1 Å². The van der Waals surface area contributed by atoms with Gasteiger partial charge in [-0.3, -0.25) is 4.79 Å². The van der Waals surface area contributed by atoms with E-state index in [9.17, 15) is 13.2 Å². The van der Waals surface area contributed by atoms with Crippen molar-refractivity contribution in [2.75, 3.05) is 25.5 Å². The molecule has 1 aliphatic rings. The number of aromatic nitrogens is 1. The number of hydrogen-bond donors (Lipinski definition) is 2. The molecule has 4 rings (SSSR count). The quantitative estimate of drug-likeness (QED) is 0.555. The third-order valence-electron chi connectivity index (χ3n) is 5.94. The molecular formula is C24H29N3O4S. The molecular weight excluding hydrogens is 426 g/mol. The topological polar surface area (TPSA) is 91.5 Å². The van der Waals surface area contributed by atoms with Crippen LogP contribution < -0.4 is 10.1 Å². The Hall–Kier alpha value is -2.84. The molecule has 0 aliphatic carbocycles. The van der Waals surface area contributed by atoms with Gasteiger partial charge in [-0.15, -0.1) is 0 Å². The van der Waals surface area contributed by atoms with Crippen LogP contribution in [0.5, 0.6) is 5.75 Å². The van der Waals surface area contributed by atoms with Crippen molar-refractivity contribution >= 4 is 32.5 Å². The summed E-state index contributed by atoms with van der Waals surface area (Å²) >= 11 is 0. The predicted molar refractivity (Wildman–Crippen MR) is 125 cm³/mol. The molecule has 1 saturated heterocycles. The number of nitrogens with zero attached hydrogens (tertiary/aromatic N) is 1. The maximum Gasteiger partial charge on any atom is 0.243 e. The number of sulfonamides is 1. The Morgan fingerprint density at radius 3 is 2.59 bits per heavy atom. The molecule has 0 atom stereocenters. The van der Waals surface area contributed by atoms with Crippen molar-refractivity contribution < 1.29 is 17.9 Å². The van der Waals surface area contributed by atoms with Crippen molar-refractivity contribution in [3.05, 3.63) is 54.2 Å². The summed E-state index contributed by atoms with van der Waals surface area (Å²) in [5.74, 6) is 0.234. The molecule has 0 bridgehead atoms. The molecule has 0 unspecified atom stereocenters. The minimum absolute atomic E-state index is 0.173. The highest BCUT2D eigenvalue weighted by Crippen LogP contribution is 2.30. The molecule has 1 fully saturated rings. The highest BCUT2D eigenvalue weighted by atomic mass is 32.2. The molecule has 32 heavy (non-hydrogen) atoms. The first-order chi connectivity index (χ1) is 15.5. The summed E-state index contributed by atoms with van der Waals surface area (Å²) in [5, 5.41) is 3.94. The Labute approximate surface area is 188 Å². The average Bonchev–Trinajstić information content (AvgIpc) is 3.00. The number of amides is 1. The van der Waals surface area contributed by atoms with Gasteiger partial charge in [0.25, 0.3) is 0 Å². The SMILES string of the molecule is COc1ccc(S(=O)(=O)N2CCCCCC2)cc1NC(=O)CCc1c[nH]c2ccccc12. The van der Waals surface area contributed by atoms with Gasteiger partial charge >= 0.3 is 0 Å². The normalized spacial score (nSPS) is 15.4. The van der Waals surface area contributed by atoms with E-state index in [1.807, 2.05) is 30.5 Å². The molecule has 1 aliphatic heterocycles. The summed E-state index contributed by atoms with van der Waals surface area (Å²) < 4.78 is 33.2. The Bertz CT molecular complexity index is 1190. The van der Waals surface area contributed by atoms with E-state index in [1.165, 1.54) is 13.2 Å². The zero-order valence-electron chi connectivity index (χ0n) is 18.3. The highest BCUT2D eigenvalue weighted by molar-refractivity contribution is 7.89. The predicted octanol–water partition coefficient (Wildman–Crippen LogP) is 4.31. The smallest absolute Gasteiger partial charge is 0.243 e. The fourth-order valence-electron chi connectivity index (χ4n) is 4.18. The molecule has 0 saturated carbocycles. The number of rotatable bonds is 7. The van der Waals surface area contributed by atoms with E-state index in [2.05, 4.69) is 10.3 Å². The van der Waals surface area contributed by atoms with Gasteiger partial charge in [-0.25, -0.2) is 8.42 Å². The Morgan fingerprint density at radius 1 is 1.09 bits per heavy atom. The van der Waals surface area contributed by atoms with Crippen molar-refractivity contribution in [3.8, 4) is 5.75 Å². The van der Waals surface area contributed by atoms with E-state index in [0.717, 1.165) is 42.1 Å². The van der Waals surface area contributed by atoms with Gasteiger partial charge in [-0.1, -0.05) is 31.0 Å². The van der Waals surface area contributed by atoms with Gasteiger partial charge in [-0.2, -0.15) is 4.31 Å². The first-order valence-corrected chi connectivity index (χ1v) is 12.5. The number of anilines is 1. The number of hydrogen-bond acceptors (Lipinski definition) is 4. The van der Waals surface area contributed by atoms with Crippen LogP contribution in [0.15, 0.2) is 53.6 Å². The zero-order valence-corrected chi connectivity index (χ0v) is 19.1. The van der Waals surface area contributed by atoms with E-state index in [4.69, 9.17) is 4.74 Å². The van der Waals surface area contributed by atoms with Gasteiger partial charge < -0.3 is 15.0 Å². The maximum absolute atomic E-state index is 13.2. The van der Waals surface area contributed by atoms with Crippen molar-refractivity contribution in [3.63, 3.8) is 0 Å². The second-order valence-electron chi connectivity index (χ2n) is 8.09. The lowest BCUT2D eigenvalue weighted by atomic mass is 10.1. The number of carbonyl (C=O) groups is 1. The third kappa shape index (κ3) is 4.81. The van der Waals surface area contributed by atoms with Gasteiger partial charge in [0.1, 0.15) is 5.75 Å². The molecule has 2 heterocycles. The van der Waals surface area contributed by atoms with Crippen molar-refractivity contribution in [1.29, 1.82) is 0 Å². The van der Waals surface area contributed by atoms with E-state index in [-0.39, 0.29) is 17.2 Å². The van der Waals surface area contributed by atoms with Crippen LogP contribution >= 0.6 is 0 Å². The lowest BCUT2D eigenvalue weighted by Gasteiger charge is -2.21. The van der Waals surface area contributed by atoms with E-state index in [1.54, 1.807) is 16.4 Å². The van der Waals surface area contributed by atoms with Crippen LogP contribution in [-0.2, 0) is 21.2 Å². The molecule has 2 aromatic carbocycles. The minimum atomic E-state index is -3.62. The van der Waals surface area contributed by atoms with Crippen LogP contribution in [0.4, 0.5) is 5.69 Å². The van der Waals surface area contributed by atoms with Gasteiger partial charge in [0.05, 0.1) is 17.7 Å². The average molecular weight is 456 g/mol. The fraction of sp³-hybridized carbons (Fsp3) is 0.375. The minimum Gasteiger partial charge on any atom is -0.495 e. The third-order valence-corrected chi connectivity index (χ3v) is 7.84. The lowest BCUT2D eigenvalue weighted by molar-refractivity contribution is -0.116. The largest absolute Gasteiger partial charge is 0.495 e. The van der Waals surface area contributed by atoms with Crippen molar-refractivity contribution in [2.24, 2.45) is 0 Å². The van der Waals surface area contributed by atoms with Crippen LogP contribution in [0, 0.1) is 0 Å². The number of fused-ring (bicyclic) bond motifs is 1. The summed E-state index contributed by atoms with van der Waals surface area (Å²) in [7, 11) is -2.12. The van der Waals surface area contributed by atoms with E-state index >= 15 is 0 Å². The summed E-state index contributed by atoms with van der Waals surface area (Å²) in [6.45, 7) is 1.06. The number of aryl methyl sites for hydroxylation is 1. The van der Waals surface area contributed by atoms with Crippen molar-refractivity contribution in [1.82, 2.24) is 9.29 Å². The Morgan fingerprint density at radius 2 is 1.84 bits per heavy atom. The van der Waals surface area contributed by atoms with Crippen molar-refractivity contribution in [2.45, 2.75) is 43.4 Å². The maximum atomic E-state index is 13.2. The second kappa shape index (κ2) is 9.75. The summed E-state index contributed by atoms with van der Waals surface area (Å²) in [4.78, 5) is 16.1. The Kier molecular flexibility index (Phi) is 6.81. The van der Waals surface area contributed by atoms with Crippen LogP contribution in [-0.4, -0.2) is 43.8 Å². The molecule has 1 aromatic heterocycles. The Balaban J connectivity index is 1.49. The molecule has 3 aromatic rings. The molecule has 7 nitrogen and oxygen atoms in total. The summed E-state index contributed by atoms with van der Waals surface area (Å²) in [6.07, 6.45) is 6.60. The van der Waals surface area contributed by atoms with E-state index in [0.29, 0.717) is 30.9 Å². The number of para-hydroxylation sites is 1. The molecule has 170 valence electrons. The second-order valence-corrected chi connectivity index (χ2v) is 10.0. The van der Waals surface area contributed by atoms with Crippen LogP contribution in [0.2, 0.25) is 0 Å². The molecule has 2 N–H and O–H groups in total. The lowest BCUT2D eigenvalue weighted by Crippen LogP contribution is -2.32. The van der Waals surface area contributed by atoms with Crippen LogP contribution in [0.3, 0.4) is 0 Å². The van der Waals surface area contributed by atoms with Gasteiger partial charge in [0.2, 0.25) is 15.9 Å². The van der Waals surface area contributed by atoms with Gasteiger partial charge in [0, 0.05) is 36.6 Å². The zero-order chi connectivity index (χ0) is 22.6. The highest BCUT2D eigenvalue weighted by Gasteiger charge is 2.26. The van der Waals surface area contributed by atoms with Crippen LogP contribution in [0.1, 0.15) is 37.7 Å². The number of ether oxygens (including phenoxy) is 1. The first-order valence-electron chi connectivity index (χ1n) is 11.0. The number of carbonyl (C=O) groups excluding carboxylic acids is 1. The molecule has 8 heteroatoms. The summed E-state index contributed by atoms with van der Waals surface area (Å²) in [6, 6.07) is 12.6.